The number of rotatable bonds is 16. The fourth-order valence-electron chi connectivity index (χ4n) is 2.83. The minimum absolute atomic E-state index is 0.00275. The topological polar surface area (TPSA) is 252 Å². The number of hydrogen-bond acceptors (Lipinski definition) is 7. The summed E-state index contributed by atoms with van der Waals surface area (Å²) in [6.45, 7) is 5.22. The van der Waals surface area contributed by atoms with Crippen LogP contribution in [0.4, 0.5) is 0 Å². The molecule has 0 spiro atoms. The molecule has 0 fully saturated rings. The van der Waals surface area contributed by atoms with E-state index < -0.39 is 53.8 Å². The fraction of sp³-hybridized carbons (Fsp3) is 0.700. The van der Waals surface area contributed by atoms with Gasteiger partial charge in [0.05, 0.1) is 6.04 Å². The number of carboxylic acids is 2. The number of aliphatic imine (C=N–C) groups is 1. The van der Waals surface area contributed by atoms with Crippen LogP contribution in [0.3, 0.4) is 0 Å². The van der Waals surface area contributed by atoms with E-state index in [2.05, 4.69) is 20.9 Å². The molecule has 11 N–H and O–H groups in total. The molecule has 0 saturated heterocycles. The van der Waals surface area contributed by atoms with Crippen molar-refractivity contribution < 1.29 is 34.2 Å². The summed E-state index contributed by atoms with van der Waals surface area (Å²) >= 11 is 0. The fourth-order valence-corrected chi connectivity index (χ4v) is 2.83. The Morgan fingerprint density at radius 2 is 1.44 bits per heavy atom. The first-order valence-electron chi connectivity index (χ1n) is 10.9. The number of carboxylic acid groups (broad SMARTS) is 2. The van der Waals surface area contributed by atoms with E-state index in [0.29, 0.717) is 6.42 Å². The van der Waals surface area contributed by atoms with Gasteiger partial charge in [0, 0.05) is 13.0 Å². The van der Waals surface area contributed by atoms with E-state index in [4.69, 9.17) is 22.3 Å². The molecule has 4 unspecified atom stereocenters. The largest absolute Gasteiger partial charge is 0.481 e. The van der Waals surface area contributed by atoms with E-state index >= 15 is 0 Å². The van der Waals surface area contributed by atoms with Gasteiger partial charge in [0.15, 0.2) is 5.96 Å². The SMILES string of the molecule is CC(C)CC(NC(=O)C(N)CCC(=O)O)C(=O)NC(C)C(=O)NC(CCCN=C(N)N)C(=O)O. The van der Waals surface area contributed by atoms with Gasteiger partial charge in [0.2, 0.25) is 17.7 Å². The second-order valence-corrected chi connectivity index (χ2v) is 8.31. The van der Waals surface area contributed by atoms with Crippen molar-refractivity contribution in [2.45, 2.75) is 77.0 Å². The van der Waals surface area contributed by atoms with Crippen LogP contribution in [0.5, 0.6) is 0 Å². The van der Waals surface area contributed by atoms with E-state index in [0.717, 1.165) is 0 Å². The molecule has 0 aliphatic carbocycles. The first-order chi connectivity index (χ1) is 15.7. The van der Waals surface area contributed by atoms with Gasteiger partial charge in [0.1, 0.15) is 18.1 Å². The Morgan fingerprint density at radius 1 is 0.853 bits per heavy atom. The minimum atomic E-state index is -1.25. The van der Waals surface area contributed by atoms with Gasteiger partial charge in [-0.3, -0.25) is 24.2 Å². The Hall–Kier alpha value is -3.42. The number of nitrogens with two attached hydrogens (primary N) is 3. The zero-order chi connectivity index (χ0) is 26.4. The average molecular weight is 488 g/mol. The Labute approximate surface area is 198 Å². The molecule has 0 aromatic carbocycles. The minimum Gasteiger partial charge on any atom is -0.481 e. The molecule has 4 atom stereocenters. The van der Waals surface area contributed by atoms with Crippen LogP contribution in [0, 0.1) is 5.92 Å². The van der Waals surface area contributed by atoms with Gasteiger partial charge in [-0.25, -0.2) is 4.79 Å². The highest BCUT2D eigenvalue weighted by Crippen LogP contribution is 2.07. The number of amides is 3. The van der Waals surface area contributed by atoms with Crippen LogP contribution in [0.15, 0.2) is 4.99 Å². The summed E-state index contributed by atoms with van der Waals surface area (Å²) in [6.07, 6.45) is 0.207. The monoisotopic (exact) mass is 487 g/mol. The quantitative estimate of drug-likeness (QED) is 0.0664. The molecule has 0 rings (SSSR count). The Morgan fingerprint density at radius 3 is 1.94 bits per heavy atom. The number of aliphatic carboxylic acids is 2. The molecular formula is C20H37N7O7. The van der Waals surface area contributed by atoms with Crippen molar-refractivity contribution in [1.29, 1.82) is 0 Å². The van der Waals surface area contributed by atoms with Crippen molar-refractivity contribution in [2.24, 2.45) is 28.1 Å². The summed E-state index contributed by atoms with van der Waals surface area (Å²) in [7, 11) is 0. The molecule has 0 bridgehead atoms. The van der Waals surface area contributed by atoms with Gasteiger partial charge in [-0.15, -0.1) is 0 Å². The van der Waals surface area contributed by atoms with Crippen molar-refractivity contribution in [1.82, 2.24) is 16.0 Å². The number of nitrogens with zero attached hydrogens (tertiary/aromatic N) is 1. The molecule has 0 radical (unpaired) electrons. The third-order valence-corrected chi connectivity index (χ3v) is 4.66. The molecule has 194 valence electrons. The smallest absolute Gasteiger partial charge is 0.326 e. The summed E-state index contributed by atoms with van der Waals surface area (Å²) in [5.41, 5.74) is 16.1. The molecule has 0 heterocycles. The van der Waals surface area contributed by atoms with Gasteiger partial charge in [-0.1, -0.05) is 13.8 Å². The average Bonchev–Trinajstić information content (AvgIpc) is 2.72. The zero-order valence-corrected chi connectivity index (χ0v) is 19.7. The van der Waals surface area contributed by atoms with Crippen molar-refractivity contribution in [3.8, 4) is 0 Å². The molecule has 0 aliphatic heterocycles. The van der Waals surface area contributed by atoms with E-state index in [1.165, 1.54) is 6.92 Å². The first kappa shape index (κ1) is 30.6. The van der Waals surface area contributed by atoms with Crippen LogP contribution >= 0.6 is 0 Å². The van der Waals surface area contributed by atoms with Gasteiger partial charge < -0.3 is 43.4 Å². The van der Waals surface area contributed by atoms with Crippen LogP contribution in [0.1, 0.15) is 52.9 Å². The maximum Gasteiger partial charge on any atom is 0.326 e. The summed E-state index contributed by atoms with van der Waals surface area (Å²) in [5.74, 6) is -4.56. The van der Waals surface area contributed by atoms with Gasteiger partial charge in [0.25, 0.3) is 0 Å². The summed E-state index contributed by atoms with van der Waals surface area (Å²) in [6, 6.07) is -4.44. The van der Waals surface area contributed by atoms with Crippen molar-refractivity contribution in [3.05, 3.63) is 0 Å². The van der Waals surface area contributed by atoms with Crippen LogP contribution in [-0.2, 0) is 24.0 Å². The lowest BCUT2D eigenvalue weighted by Crippen LogP contribution is -2.56. The van der Waals surface area contributed by atoms with Crippen LogP contribution in [-0.4, -0.2) is 76.5 Å². The second kappa shape index (κ2) is 15.4. The lowest BCUT2D eigenvalue weighted by molar-refractivity contribution is -0.142. The first-order valence-corrected chi connectivity index (χ1v) is 10.9. The maximum atomic E-state index is 12.7. The lowest BCUT2D eigenvalue weighted by atomic mass is 10.0. The summed E-state index contributed by atoms with van der Waals surface area (Å²) in [5, 5.41) is 25.3. The number of carbonyl (C=O) groups is 5. The summed E-state index contributed by atoms with van der Waals surface area (Å²) < 4.78 is 0. The number of nitrogens with one attached hydrogen (secondary N) is 3. The molecule has 0 aliphatic rings. The Bertz CT molecular complexity index is 754. The maximum absolute atomic E-state index is 12.7. The molecule has 14 heteroatoms. The second-order valence-electron chi connectivity index (χ2n) is 8.31. The van der Waals surface area contributed by atoms with Crippen molar-refractivity contribution >= 4 is 35.6 Å². The van der Waals surface area contributed by atoms with Crippen molar-refractivity contribution in [3.63, 3.8) is 0 Å². The molecule has 0 aromatic rings. The number of guanidine groups is 1. The zero-order valence-electron chi connectivity index (χ0n) is 19.7. The Kier molecular flexibility index (Phi) is 13.9. The third kappa shape index (κ3) is 13.2. The molecule has 3 amide bonds. The normalized spacial score (nSPS) is 14.3. The van der Waals surface area contributed by atoms with Gasteiger partial charge in [-0.05, 0) is 38.5 Å². The standard InChI is InChI=1S/C20H37N7O7/c1-10(2)9-14(27-17(31)12(21)6-7-15(28)29)18(32)25-11(3)16(30)26-13(19(33)34)5-4-8-24-20(22)23/h10-14H,4-9,21H2,1-3H3,(H,25,32)(H,26,30)(H,27,31)(H,28,29)(H,33,34)(H4,22,23,24). The van der Waals surface area contributed by atoms with E-state index in [9.17, 15) is 29.1 Å². The van der Waals surface area contributed by atoms with E-state index in [1.807, 2.05) is 13.8 Å². The molecule has 14 nitrogen and oxygen atoms in total. The Balaban J connectivity index is 5.02. The van der Waals surface area contributed by atoms with Crippen LogP contribution in [0.25, 0.3) is 0 Å². The third-order valence-electron chi connectivity index (χ3n) is 4.66. The highest BCUT2D eigenvalue weighted by Gasteiger charge is 2.28. The van der Waals surface area contributed by atoms with Crippen molar-refractivity contribution in [2.75, 3.05) is 6.54 Å². The highest BCUT2D eigenvalue weighted by atomic mass is 16.4. The number of hydrogen-bond donors (Lipinski definition) is 8. The number of carbonyl (C=O) groups excluding carboxylic acids is 3. The lowest BCUT2D eigenvalue weighted by Gasteiger charge is -2.24. The molecule has 0 saturated carbocycles. The highest BCUT2D eigenvalue weighted by molar-refractivity contribution is 5.94. The predicted molar refractivity (Wildman–Crippen MR) is 123 cm³/mol. The molecule has 0 aromatic heterocycles. The van der Waals surface area contributed by atoms with Gasteiger partial charge in [-0.2, -0.15) is 0 Å². The van der Waals surface area contributed by atoms with Crippen LogP contribution < -0.4 is 33.2 Å². The molecular weight excluding hydrogens is 450 g/mol. The summed E-state index contributed by atoms with van der Waals surface area (Å²) in [4.78, 5) is 63.3. The van der Waals surface area contributed by atoms with Crippen LogP contribution in [0.2, 0.25) is 0 Å². The van der Waals surface area contributed by atoms with Gasteiger partial charge >= 0.3 is 11.9 Å². The predicted octanol–water partition coefficient (Wildman–Crippen LogP) is -2.16. The van der Waals surface area contributed by atoms with E-state index in [-0.39, 0.29) is 44.1 Å². The van der Waals surface area contributed by atoms with E-state index in [1.54, 1.807) is 0 Å². The molecule has 34 heavy (non-hydrogen) atoms.